The number of carbonyl (C=O) groups is 2. The minimum absolute atomic E-state index is 0.0519. The van der Waals surface area contributed by atoms with Crippen molar-refractivity contribution >= 4 is 50.7 Å². The van der Waals surface area contributed by atoms with Gasteiger partial charge in [-0.3, -0.25) is 13.9 Å². The first-order valence-electron chi connectivity index (χ1n) is 13.2. The lowest BCUT2D eigenvalue weighted by Gasteiger charge is -2.34. The van der Waals surface area contributed by atoms with Crippen LogP contribution >= 0.6 is 23.2 Å². The molecule has 3 rings (SSSR count). The van der Waals surface area contributed by atoms with E-state index in [4.69, 9.17) is 23.2 Å². The quantitative estimate of drug-likeness (QED) is 0.299. The van der Waals surface area contributed by atoms with Gasteiger partial charge in [0.1, 0.15) is 12.6 Å². The summed E-state index contributed by atoms with van der Waals surface area (Å²) >= 11 is 12.9. The summed E-state index contributed by atoms with van der Waals surface area (Å²) in [5.74, 6) is -0.983. The SMILES string of the molecule is Cc1ccc(S(=O)(=O)N(CC(=O)N(Cc2c(Cl)cccc2Cl)C(C)C(=O)NC(C)(C)C)c2cccc(C)c2C)cc1. The topological polar surface area (TPSA) is 86.8 Å². The van der Waals surface area contributed by atoms with Crippen LogP contribution in [-0.4, -0.2) is 43.3 Å². The molecule has 0 aliphatic carbocycles. The zero-order chi connectivity index (χ0) is 30.7. The summed E-state index contributed by atoms with van der Waals surface area (Å²) in [6, 6.07) is 15.8. The largest absolute Gasteiger partial charge is 0.350 e. The van der Waals surface area contributed by atoms with E-state index in [0.717, 1.165) is 21.0 Å². The third-order valence-corrected chi connectivity index (χ3v) is 9.27. The fourth-order valence-electron chi connectivity index (χ4n) is 4.27. The average Bonchev–Trinajstić information content (AvgIpc) is 2.87. The van der Waals surface area contributed by atoms with Crippen LogP contribution in [0.1, 0.15) is 49.9 Å². The van der Waals surface area contributed by atoms with E-state index in [1.807, 2.05) is 47.6 Å². The Morgan fingerprint density at radius 1 is 0.902 bits per heavy atom. The molecule has 220 valence electrons. The van der Waals surface area contributed by atoms with E-state index < -0.39 is 40.0 Å². The highest BCUT2D eigenvalue weighted by Crippen LogP contribution is 2.30. The molecule has 0 aliphatic heterocycles. The normalized spacial score (nSPS) is 12.5. The fraction of sp³-hybridized carbons (Fsp3) is 0.355. The van der Waals surface area contributed by atoms with E-state index in [1.54, 1.807) is 49.4 Å². The number of halogens is 2. The number of aryl methyl sites for hydroxylation is 2. The lowest BCUT2D eigenvalue weighted by atomic mass is 10.1. The van der Waals surface area contributed by atoms with Gasteiger partial charge in [-0.25, -0.2) is 8.42 Å². The molecule has 3 aromatic carbocycles. The minimum atomic E-state index is -4.17. The Balaban J connectivity index is 2.12. The van der Waals surface area contributed by atoms with Gasteiger partial charge in [-0.15, -0.1) is 0 Å². The Hall–Kier alpha value is -3.07. The second-order valence-electron chi connectivity index (χ2n) is 11.2. The van der Waals surface area contributed by atoms with Crippen LogP contribution in [0, 0.1) is 20.8 Å². The molecule has 3 aromatic rings. The number of sulfonamides is 1. The lowest BCUT2D eigenvalue weighted by molar-refractivity contribution is -0.140. The predicted molar refractivity (Wildman–Crippen MR) is 166 cm³/mol. The molecule has 0 saturated heterocycles. The molecule has 0 saturated carbocycles. The molecule has 0 heterocycles. The summed E-state index contributed by atoms with van der Waals surface area (Å²) in [4.78, 5) is 28.8. The molecule has 1 atom stereocenters. The first-order chi connectivity index (χ1) is 19.0. The van der Waals surface area contributed by atoms with E-state index >= 15 is 0 Å². The highest BCUT2D eigenvalue weighted by Gasteiger charge is 2.34. The number of rotatable bonds is 9. The van der Waals surface area contributed by atoms with Crippen LogP contribution in [-0.2, 0) is 26.2 Å². The van der Waals surface area contributed by atoms with E-state index in [0.29, 0.717) is 21.3 Å². The molecule has 0 fully saturated rings. The van der Waals surface area contributed by atoms with Crippen LogP contribution < -0.4 is 9.62 Å². The second-order valence-corrected chi connectivity index (χ2v) is 13.9. The van der Waals surface area contributed by atoms with Crippen molar-refractivity contribution in [3.8, 4) is 0 Å². The summed E-state index contributed by atoms with van der Waals surface area (Å²) in [6.45, 7) is 12.0. The second kappa shape index (κ2) is 12.8. The Kier molecular flexibility index (Phi) is 10.2. The molecule has 0 aliphatic rings. The first kappa shape index (κ1) is 32.4. The van der Waals surface area contributed by atoms with E-state index in [2.05, 4.69) is 5.32 Å². The molecular formula is C31H37Cl2N3O4S. The monoisotopic (exact) mass is 617 g/mol. The molecule has 7 nitrogen and oxygen atoms in total. The van der Waals surface area contributed by atoms with Crippen molar-refractivity contribution in [1.82, 2.24) is 10.2 Å². The lowest BCUT2D eigenvalue weighted by Crippen LogP contribution is -2.54. The molecule has 0 aromatic heterocycles. The Labute approximate surface area is 253 Å². The standard InChI is InChI=1S/C31H37Cl2N3O4S/c1-20-14-16-24(17-15-20)41(39,40)36(28-13-8-10-21(2)22(28)3)19-29(37)35(23(4)30(38)34-31(5,6)7)18-25-26(32)11-9-12-27(25)33/h8-17,23H,18-19H2,1-7H3,(H,34,38). The van der Waals surface area contributed by atoms with Gasteiger partial charge in [-0.2, -0.15) is 0 Å². The predicted octanol–water partition coefficient (Wildman–Crippen LogP) is 6.45. The maximum Gasteiger partial charge on any atom is 0.264 e. The summed E-state index contributed by atoms with van der Waals surface area (Å²) in [5.41, 5.74) is 2.77. The maximum absolute atomic E-state index is 14.1. The summed E-state index contributed by atoms with van der Waals surface area (Å²) in [6.07, 6.45) is 0. The van der Waals surface area contributed by atoms with Gasteiger partial charge < -0.3 is 10.2 Å². The van der Waals surface area contributed by atoms with Crippen LogP contribution in [0.15, 0.2) is 65.6 Å². The molecule has 41 heavy (non-hydrogen) atoms. The minimum Gasteiger partial charge on any atom is -0.350 e. The molecule has 2 amide bonds. The van der Waals surface area contributed by atoms with Crippen LogP contribution in [0.5, 0.6) is 0 Å². The van der Waals surface area contributed by atoms with E-state index in [1.165, 1.54) is 17.0 Å². The molecule has 10 heteroatoms. The van der Waals surface area contributed by atoms with Gasteiger partial charge in [-0.05, 0) is 89.9 Å². The van der Waals surface area contributed by atoms with E-state index in [9.17, 15) is 18.0 Å². The summed E-state index contributed by atoms with van der Waals surface area (Å²) < 4.78 is 29.2. The van der Waals surface area contributed by atoms with Crippen LogP contribution in [0.4, 0.5) is 5.69 Å². The number of carbonyl (C=O) groups excluding carboxylic acids is 2. The number of hydrogen-bond donors (Lipinski definition) is 1. The molecule has 0 radical (unpaired) electrons. The van der Waals surface area contributed by atoms with Crippen molar-refractivity contribution in [2.45, 2.75) is 71.5 Å². The third-order valence-electron chi connectivity index (χ3n) is 6.79. The van der Waals surface area contributed by atoms with Crippen LogP contribution in [0.3, 0.4) is 0 Å². The Morgan fingerprint density at radius 2 is 1.46 bits per heavy atom. The smallest absolute Gasteiger partial charge is 0.264 e. The molecule has 1 N–H and O–H groups in total. The number of amides is 2. The van der Waals surface area contributed by atoms with Crippen molar-refractivity contribution in [3.05, 3.63) is 93.0 Å². The zero-order valence-corrected chi connectivity index (χ0v) is 26.8. The molecule has 1 unspecified atom stereocenters. The van der Waals surface area contributed by atoms with Gasteiger partial charge >= 0.3 is 0 Å². The van der Waals surface area contributed by atoms with Crippen molar-refractivity contribution in [1.29, 1.82) is 0 Å². The number of nitrogens with one attached hydrogen (secondary N) is 1. The van der Waals surface area contributed by atoms with Crippen LogP contribution in [0.25, 0.3) is 0 Å². The van der Waals surface area contributed by atoms with Gasteiger partial charge in [-0.1, -0.05) is 59.1 Å². The van der Waals surface area contributed by atoms with Crippen molar-refractivity contribution in [3.63, 3.8) is 0 Å². The van der Waals surface area contributed by atoms with Crippen molar-refractivity contribution < 1.29 is 18.0 Å². The van der Waals surface area contributed by atoms with Gasteiger partial charge in [0.15, 0.2) is 0 Å². The van der Waals surface area contributed by atoms with Crippen LogP contribution in [0.2, 0.25) is 10.0 Å². The first-order valence-corrected chi connectivity index (χ1v) is 15.4. The molecule has 0 spiro atoms. The van der Waals surface area contributed by atoms with Gasteiger partial charge in [0.05, 0.1) is 10.6 Å². The van der Waals surface area contributed by atoms with Gasteiger partial charge in [0.2, 0.25) is 11.8 Å². The van der Waals surface area contributed by atoms with E-state index in [-0.39, 0.29) is 11.4 Å². The van der Waals surface area contributed by atoms with Gasteiger partial charge in [0, 0.05) is 27.7 Å². The highest BCUT2D eigenvalue weighted by atomic mass is 35.5. The Morgan fingerprint density at radius 3 is 2.02 bits per heavy atom. The third kappa shape index (κ3) is 7.82. The maximum atomic E-state index is 14.1. The number of hydrogen-bond acceptors (Lipinski definition) is 4. The number of nitrogens with zero attached hydrogens (tertiary/aromatic N) is 2. The number of benzene rings is 3. The number of anilines is 1. The highest BCUT2D eigenvalue weighted by molar-refractivity contribution is 7.92. The molecule has 0 bridgehead atoms. The molecular weight excluding hydrogens is 581 g/mol. The van der Waals surface area contributed by atoms with Gasteiger partial charge in [0.25, 0.3) is 10.0 Å². The van der Waals surface area contributed by atoms with Crippen molar-refractivity contribution in [2.75, 3.05) is 10.8 Å². The fourth-order valence-corrected chi connectivity index (χ4v) is 6.26. The Bertz CT molecular complexity index is 1510. The average molecular weight is 619 g/mol. The summed E-state index contributed by atoms with van der Waals surface area (Å²) in [5, 5.41) is 3.56. The summed E-state index contributed by atoms with van der Waals surface area (Å²) in [7, 11) is -4.17. The van der Waals surface area contributed by atoms with Crippen molar-refractivity contribution in [2.24, 2.45) is 0 Å². The zero-order valence-electron chi connectivity index (χ0n) is 24.5.